The Morgan fingerprint density at radius 1 is 1.50 bits per heavy atom. The first-order chi connectivity index (χ1) is 6.50. The van der Waals surface area contributed by atoms with Crippen molar-refractivity contribution in [3.05, 3.63) is 29.8 Å². The Balaban J connectivity index is 2.82. The van der Waals surface area contributed by atoms with Crippen LogP contribution in [0.4, 0.5) is 8.78 Å². The first kappa shape index (κ1) is 10.6. The lowest BCUT2D eigenvalue weighted by Gasteiger charge is -2.06. The molecule has 1 aromatic rings. The molecule has 1 aromatic carbocycles. The number of nitrogens with two attached hydrogens (primary N) is 1. The quantitative estimate of drug-likeness (QED) is 0.578. The predicted molar refractivity (Wildman–Crippen MR) is 45.6 cm³/mol. The summed E-state index contributed by atoms with van der Waals surface area (Å²) >= 11 is 0. The van der Waals surface area contributed by atoms with Crippen LogP contribution in [-0.2, 0) is 4.79 Å². The Bertz CT molecular complexity index is 353. The molecule has 1 rings (SSSR count). The van der Waals surface area contributed by atoms with Crippen molar-refractivity contribution in [2.45, 2.75) is 13.0 Å². The minimum Gasteiger partial charge on any atom is -0.422 e. The molecule has 0 aliphatic rings. The molecule has 2 N–H and O–H groups in total. The molecular formula is C9H9F2NO2. The molecule has 0 heterocycles. The van der Waals surface area contributed by atoms with Crippen LogP contribution in [0, 0.1) is 11.6 Å². The summed E-state index contributed by atoms with van der Waals surface area (Å²) in [5, 5.41) is 0. The fourth-order valence-corrected chi connectivity index (χ4v) is 0.759. The molecule has 0 fully saturated rings. The minimum atomic E-state index is -0.931. The lowest BCUT2D eigenvalue weighted by Crippen LogP contribution is -2.31. The molecule has 1 unspecified atom stereocenters. The molecule has 1 atom stereocenters. The van der Waals surface area contributed by atoms with Crippen LogP contribution in [0.2, 0.25) is 0 Å². The normalized spacial score (nSPS) is 12.3. The second-order valence-corrected chi connectivity index (χ2v) is 2.78. The van der Waals surface area contributed by atoms with E-state index in [4.69, 9.17) is 5.73 Å². The average Bonchev–Trinajstić information content (AvgIpc) is 2.09. The summed E-state index contributed by atoms with van der Waals surface area (Å²) in [4.78, 5) is 10.9. The van der Waals surface area contributed by atoms with Gasteiger partial charge in [-0.15, -0.1) is 0 Å². The van der Waals surface area contributed by atoms with Crippen LogP contribution >= 0.6 is 0 Å². The minimum absolute atomic E-state index is 0.325. The molecule has 0 spiro atoms. The van der Waals surface area contributed by atoms with Gasteiger partial charge in [-0.25, -0.2) is 13.6 Å². The fourth-order valence-electron chi connectivity index (χ4n) is 0.759. The number of hydrogen-bond donors (Lipinski definition) is 1. The van der Waals surface area contributed by atoms with Crippen LogP contribution < -0.4 is 10.5 Å². The molecule has 76 valence electrons. The van der Waals surface area contributed by atoms with E-state index in [1.165, 1.54) is 6.92 Å². The molecular weight excluding hydrogens is 192 g/mol. The number of carbonyl (C=O) groups is 1. The molecule has 0 amide bonds. The van der Waals surface area contributed by atoms with E-state index in [0.29, 0.717) is 6.07 Å². The van der Waals surface area contributed by atoms with Gasteiger partial charge in [-0.3, -0.25) is 0 Å². The monoisotopic (exact) mass is 201 g/mol. The van der Waals surface area contributed by atoms with Crippen LogP contribution in [0.15, 0.2) is 18.2 Å². The van der Waals surface area contributed by atoms with Gasteiger partial charge in [0.25, 0.3) is 0 Å². The number of halogens is 2. The third-order valence-electron chi connectivity index (χ3n) is 1.48. The maximum Gasteiger partial charge on any atom is 0.328 e. The fraction of sp³-hybridized carbons (Fsp3) is 0.222. The van der Waals surface area contributed by atoms with Crippen molar-refractivity contribution in [3.8, 4) is 5.75 Å². The Morgan fingerprint density at radius 3 is 2.64 bits per heavy atom. The number of esters is 1. The Hall–Kier alpha value is -1.49. The van der Waals surface area contributed by atoms with E-state index in [2.05, 4.69) is 4.74 Å². The molecule has 0 aromatic heterocycles. The van der Waals surface area contributed by atoms with E-state index in [1.54, 1.807) is 0 Å². The zero-order valence-electron chi connectivity index (χ0n) is 7.46. The third-order valence-corrected chi connectivity index (χ3v) is 1.48. The second kappa shape index (κ2) is 4.15. The Morgan fingerprint density at radius 2 is 2.14 bits per heavy atom. The van der Waals surface area contributed by atoms with Crippen molar-refractivity contribution in [3.63, 3.8) is 0 Å². The van der Waals surface area contributed by atoms with Crippen molar-refractivity contribution < 1.29 is 18.3 Å². The highest BCUT2D eigenvalue weighted by Crippen LogP contribution is 2.17. The first-order valence-electron chi connectivity index (χ1n) is 3.93. The molecule has 5 heteroatoms. The van der Waals surface area contributed by atoms with Crippen LogP contribution in [0.1, 0.15) is 6.92 Å². The number of ether oxygens (including phenoxy) is 1. The molecule has 0 aliphatic heterocycles. The van der Waals surface area contributed by atoms with Crippen molar-refractivity contribution in [1.82, 2.24) is 0 Å². The van der Waals surface area contributed by atoms with E-state index < -0.39 is 23.6 Å². The maximum absolute atomic E-state index is 12.9. The highest BCUT2D eigenvalue weighted by Gasteiger charge is 2.13. The molecule has 0 aliphatic carbocycles. The van der Waals surface area contributed by atoms with Gasteiger partial charge in [0.15, 0.2) is 11.6 Å². The van der Waals surface area contributed by atoms with Crippen molar-refractivity contribution >= 4 is 5.97 Å². The van der Waals surface area contributed by atoms with Gasteiger partial charge in [0.05, 0.1) is 0 Å². The summed E-state index contributed by atoms with van der Waals surface area (Å²) < 4.78 is 29.9. The van der Waals surface area contributed by atoms with Crippen LogP contribution in [0.3, 0.4) is 0 Å². The topological polar surface area (TPSA) is 52.3 Å². The van der Waals surface area contributed by atoms with E-state index in [-0.39, 0.29) is 5.75 Å². The summed E-state index contributed by atoms with van der Waals surface area (Å²) in [6.07, 6.45) is 0. The summed E-state index contributed by atoms with van der Waals surface area (Å²) in [5.74, 6) is -2.76. The standard InChI is InChI=1S/C9H9F2NO2/c1-5(12)9(13)14-8-3-2-6(10)4-7(8)11/h2-5H,12H2,1H3. The number of hydrogen-bond acceptors (Lipinski definition) is 3. The van der Waals surface area contributed by atoms with Crippen molar-refractivity contribution in [1.29, 1.82) is 0 Å². The number of benzene rings is 1. The van der Waals surface area contributed by atoms with Crippen LogP contribution in [0.5, 0.6) is 5.75 Å². The Labute approximate surface area is 79.5 Å². The lowest BCUT2D eigenvalue weighted by atomic mass is 10.3. The van der Waals surface area contributed by atoms with Crippen LogP contribution in [0.25, 0.3) is 0 Å². The highest BCUT2D eigenvalue weighted by atomic mass is 19.1. The summed E-state index contributed by atoms with van der Waals surface area (Å²) in [5.41, 5.74) is 5.19. The van der Waals surface area contributed by atoms with Gasteiger partial charge in [0.1, 0.15) is 11.9 Å². The van der Waals surface area contributed by atoms with Crippen molar-refractivity contribution in [2.75, 3.05) is 0 Å². The largest absolute Gasteiger partial charge is 0.422 e. The molecule has 0 saturated heterocycles. The van der Waals surface area contributed by atoms with Gasteiger partial charge in [0.2, 0.25) is 0 Å². The molecule has 14 heavy (non-hydrogen) atoms. The van der Waals surface area contributed by atoms with Gasteiger partial charge in [-0.1, -0.05) is 0 Å². The first-order valence-corrected chi connectivity index (χ1v) is 3.93. The van der Waals surface area contributed by atoms with Gasteiger partial charge in [-0.2, -0.15) is 0 Å². The van der Waals surface area contributed by atoms with Gasteiger partial charge in [0, 0.05) is 6.07 Å². The summed E-state index contributed by atoms with van der Waals surface area (Å²) in [6, 6.07) is 1.81. The van der Waals surface area contributed by atoms with Gasteiger partial charge in [-0.05, 0) is 19.1 Å². The van der Waals surface area contributed by atoms with Crippen molar-refractivity contribution in [2.24, 2.45) is 5.73 Å². The predicted octanol–water partition coefficient (Wildman–Crippen LogP) is 1.22. The molecule has 0 saturated carbocycles. The average molecular weight is 201 g/mol. The third kappa shape index (κ3) is 2.50. The maximum atomic E-state index is 12.9. The zero-order chi connectivity index (χ0) is 10.7. The molecule has 3 nitrogen and oxygen atoms in total. The number of carbonyl (C=O) groups excluding carboxylic acids is 1. The summed E-state index contributed by atoms with van der Waals surface area (Å²) in [6.45, 7) is 1.41. The van der Waals surface area contributed by atoms with Crippen LogP contribution in [-0.4, -0.2) is 12.0 Å². The van der Waals surface area contributed by atoms with E-state index >= 15 is 0 Å². The zero-order valence-corrected chi connectivity index (χ0v) is 7.46. The number of rotatable bonds is 2. The van der Waals surface area contributed by atoms with Gasteiger partial charge < -0.3 is 10.5 Å². The van der Waals surface area contributed by atoms with E-state index in [9.17, 15) is 13.6 Å². The highest BCUT2D eigenvalue weighted by molar-refractivity contribution is 5.77. The second-order valence-electron chi connectivity index (χ2n) is 2.78. The summed E-state index contributed by atoms with van der Waals surface area (Å²) in [7, 11) is 0. The van der Waals surface area contributed by atoms with E-state index in [0.717, 1.165) is 12.1 Å². The smallest absolute Gasteiger partial charge is 0.328 e. The van der Waals surface area contributed by atoms with Gasteiger partial charge >= 0.3 is 5.97 Å². The molecule has 0 radical (unpaired) electrons. The molecule has 0 bridgehead atoms. The Kier molecular flexibility index (Phi) is 3.14. The van der Waals surface area contributed by atoms with E-state index in [1.807, 2.05) is 0 Å². The lowest BCUT2D eigenvalue weighted by molar-refractivity contribution is -0.135. The SMILES string of the molecule is CC(N)C(=O)Oc1ccc(F)cc1F.